The summed E-state index contributed by atoms with van der Waals surface area (Å²) < 4.78 is 2.67. The summed E-state index contributed by atoms with van der Waals surface area (Å²) in [6.45, 7) is 1.95. The van der Waals surface area contributed by atoms with E-state index in [0.717, 1.165) is 15.9 Å². The van der Waals surface area contributed by atoms with Crippen molar-refractivity contribution in [2.75, 3.05) is 5.32 Å². The third-order valence-electron chi connectivity index (χ3n) is 3.22. The van der Waals surface area contributed by atoms with Crippen LogP contribution < -0.4 is 5.32 Å². The molecule has 0 bridgehead atoms. The van der Waals surface area contributed by atoms with E-state index in [4.69, 9.17) is 0 Å². The normalized spacial score (nSPS) is 10.5. The van der Waals surface area contributed by atoms with E-state index in [0.29, 0.717) is 11.4 Å². The summed E-state index contributed by atoms with van der Waals surface area (Å²) in [4.78, 5) is 12.2. The van der Waals surface area contributed by atoms with Gasteiger partial charge in [0.1, 0.15) is 0 Å². The molecule has 0 saturated heterocycles. The van der Waals surface area contributed by atoms with Crippen molar-refractivity contribution in [1.29, 1.82) is 0 Å². The minimum absolute atomic E-state index is 0.181. The molecule has 3 rings (SSSR count). The number of halogens is 1. The van der Waals surface area contributed by atoms with Gasteiger partial charge in [-0.15, -0.1) is 5.10 Å². The summed E-state index contributed by atoms with van der Waals surface area (Å²) >= 11 is 3.36. The van der Waals surface area contributed by atoms with Crippen LogP contribution in [0.2, 0.25) is 0 Å². The molecule has 0 aliphatic carbocycles. The summed E-state index contributed by atoms with van der Waals surface area (Å²) in [7, 11) is 0. The average Bonchev–Trinajstić information content (AvgIpc) is 2.88. The molecule has 0 aliphatic rings. The third-order valence-corrected chi connectivity index (χ3v) is 3.71. The van der Waals surface area contributed by atoms with Crippen molar-refractivity contribution in [3.05, 3.63) is 76.4 Å². The number of nitrogens with one attached hydrogen (secondary N) is 1. The predicted octanol–water partition coefficient (Wildman–Crippen LogP) is 4.20. The zero-order chi connectivity index (χ0) is 15.5. The highest BCUT2D eigenvalue weighted by Gasteiger charge is 2.11. The molecule has 0 unspecified atom stereocenters. The first-order valence-electron chi connectivity index (χ1n) is 6.82. The Morgan fingerprint density at radius 3 is 2.59 bits per heavy atom. The molecular weight excluding hydrogens is 342 g/mol. The van der Waals surface area contributed by atoms with Crippen molar-refractivity contribution in [3.8, 4) is 5.69 Å². The molecule has 0 saturated carbocycles. The van der Waals surface area contributed by atoms with Crippen molar-refractivity contribution >= 4 is 27.7 Å². The number of hydrogen-bond acceptors (Lipinski definition) is 2. The second-order valence-electron chi connectivity index (χ2n) is 4.88. The lowest BCUT2D eigenvalue weighted by Crippen LogP contribution is -2.12. The molecule has 110 valence electrons. The molecule has 1 N–H and O–H groups in total. The Morgan fingerprint density at radius 1 is 1.09 bits per heavy atom. The molecule has 0 fully saturated rings. The van der Waals surface area contributed by atoms with Gasteiger partial charge in [-0.3, -0.25) is 4.79 Å². The van der Waals surface area contributed by atoms with Crippen molar-refractivity contribution in [3.63, 3.8) is 0 Å². The molecule has 1 amide bonds. The van der Waals surface area contributed by atoms with E-state index >= 15 is 0 Å². The Balaban J connectivity index is 1.84. The van der Waals surface area contributed by atoms with E-state index in [9.17, 15) is 4.79 Å². The first-order chi connectivity index (χ1) is 10.6. The van der Waals surface area contributed by atoms with Gasteiger partial charge in [0, 0.05) is 21.8 Å². The number of anilines is 1. The van der Waals surface area contributed by atoms with Crippen LogP contribution in [-0.2, 0) is 0 Å². The standard InChI is InChI=1S/C17H14BrN3O/c1-12-10-16(20-21(12)15-8-3-2-4-9-15)19-17(22)13-6-5-7-14(18)11-13/h2-11H,1H3,(H,19,20,22). The Kier molecular flexibility index (Phi) is 4.06. The lowest BCUT2D eigenvalue weighted by molar-refractivity contribution is 0.102. The fourth-order valence-corrected chi connectivity index (χ4v) is 2.58. The number of rotatable bonds is 3. The largest absolute Gasteiger partial charge is 0.305 e. The number of hydrogen-bond donors (Lipinski definition) is 1. The van der Waals surface area contributed by atoms with Gasteiger partial charge in [-0.05, 0) is 37.3 Å². The maximum Gasteiger partial charge on any atom is 0.256 e. The first-order valence-corrected chi connectivity index (χ1v) is 7.62. The van der Waals surface area contributed by atoms with Gasteiger partial charge in [-0.2, -0.15) is 0 Å². The number of carbonyl (C=O) groups is 1. The summed E-state index contributed by atoms with van der Waals surface area (Å²) in [5, 5.41) is 7.27. The average molecular weight is 356 g/mol. The van der Waals surface area contributed by atoms with Crippen molar-refractivity contribution in [2.24, 2.45) is 0 Å². The molecule has 3 aromatic rings. The number of aryl methyl sites for hydroxylation is 1. The highest BCUT2D eigenvalue weighted by atomic mass is 79.9. The maximum absolute atomic E-state index is 12.2. The molecule has 4 nitrogen and oxygen atoms in total. The Bertz CT molecular complexity index is 812. The Morgan fingerprint density at radius 2 is 1.86 bits per heavy atom. The van der Waals surface area contributed by atoms with Gasteiger partial charge in [-0.25, -0.2) is 4.68 Å². The molecule has 0 aliphatic heterocycles. The minimum atomic E-state index is -0.181. The number of amides is 1. The van der Waals surface area contributed by atoms with Crippen LogP contribution in [0, 0.1) is 6.92 Å². The van der Waals surface area contributed by atoms with Crippen LogP contribution in [0.15, 0.2) is 65.1 Å². The number of carbonyl (C=O) groups excluding carboxylic acids is 1. The van der Waals surface area contributed by atoms with Gasteiger partial charge in [-0.1, -0.05) is 40.2 Å². The molecule has 0 radical (unpaired) electrons. The topological polar surface area (TPSA) is 46.9 Å². The van der Waals surface area contributed by atoms with Gasteiger partial charge in [0.15, 0.2) is 5.82 Å². The summed E-state index contributed by atoms with van der Waals surface area (Å²) in [6.07, 6.45) is 0. The molecule has 5 heteroatoms. The lowest BCUT2D eigenvalue weighted by atomic mass is 10.2. The zero-order valence-electron chi connectivity index (χ0n) is 12.0. The zero-order valence-corrected chi connectivity index (χ0v) is 13.5. The van der Waals surface area contributed by atoms with Crippen LogP contribution in [-0.4, -0.2) is 15.7 Å². The molecule has 0 spiro atoms. The highest BCUT2D eigenvalue weighted by molar-refractivity contribution is 9.10. The van der Waals surface area contributed by atoms with E-state index in [1.807, 2.05) is 55.5 Å². The molecule has 22 heavy (non-hydrogen) atoms. The molecular formula is C17H14BrN3O. The number of aromatic nitrogens is 2. The van der Waals surface area contributed by atoms with E-state index in [2.05, 4.69) is 26.3 Å². The minimum Gasteiger partial charge on any atom is -0.305 e. The monoisotopic (exact) mass is 355 g/mol. The third kappa shape index (κ3) is 3.09. The maximum atomic E-state index is 12.2. The Hall–Kier alpha value is -2.40. The lowest BCUT2D eigenvalue weighted by Gasteiger charge is -2.04. The molecule has 0 atom stereocenters. The number of para-hydroxylation sites is 1. The van der Waals surface area contributed by atoms with Gasteiger partial charge in [0.05, 0.1) is 5.69 Å². The van der Waals surface area contributed by atoms with Crippen molar-refractivity contribution in [2.45, 2.75) is 6.92 Å². The van der Waals surface area contributed by atoms with Crippen molar-refractivity contribution < 1.29 is 4.79 Å². The van der Waals surface area contributed by atoms with E-state index in [1.165, 1.54) is 0 Å². The molecule has 1 heterocycles. The smallest absolute Gasteiger partial charge is 0.256 e. The number of nitrogens with zero attached hydrogens (tertiary/aromatic N) is 2. The van der Waals surface area contributed by atoms with Gasteiger partial charge < -0.3 is 5.32 Å². The summed E-state index contributed by atoms with van der Waals surface area (Å²) in [5.74, 6) is 0.352. The SMILES string of the molecule is Cc1cc(NC(=O)c2cccc(Br)c2)nn1-c1ccccc1. The van der Waals surface area contributed by atoms with E-state index < -0.39 is 0 Å². The van der Waals surface area contributed by atoms with E-state index in [1.54, 1.807) is 16.8 Å². The molecule has 1 aromatic heterocycles. The second kappa shape index (κ2) is 6.15. The fourth-order valence-electron chi connectivity index (χ4n) is 2.18. The second-order valence-corrected chi connectivity index (χ2v) is 5.80. The summed E-state index contributed by atoms with van der Waals surface area (Å²) in [5.41, 5.74) is 2.50. The number of benzene rings is 2. The molecule has 2 aromatic carbocycles. The predicted molar refractivity (Wildman–Crippen MR) is 90.4 cm³/mol. The highest BCUT2D eigenvalue weighted by Crippen LogP contribution is 2.17. The van der Waals surface area contributed by atoms with Crippen LogP contribution in [0.5, 0.6) is 0 Å². The quantitative estimate of drug-likeness (QED) is 0.765. The van der Waals surface area contributed by atoms with Crippen LogP contribution in [0.1, 0.15) is 16.1 Å². The van der Waals surface area contributed by atoms with Gasteiger partial charge >= 0.3 is 0 Å². The van der Waals surface area contributed by atoms with Gasteiger partial charge in [0.2, 0.25) is 0 Å². The first kappa shape index (κ1) is 14.5. The van der Waals surface area contributed by atoms with Gasteiger partial charge in [0.25, 0.3) is 5.91 Å². The van der Waals surface area contributed by atoms with Crippen LogP contribution in [0.4, 0.5) is 5.82 Å². The fraction of sp³-hybridized carbons (Fsp3) is 0.0588. The van der Waals surface area contributed by atoms with E-state index in [-0.39, 0.29) is 5.91 Å². The van der Waals surface area contributed by atoms with Crippen molar-refractivity contribution in [1.82, 2.24) is 9.78 Å². The van der Waals surface area contributed by atoms with Crippen LogP contribution >= 0.6 is 15.9 Å². The van der Waals surface area contributed by atoms with Crippen LogP contribution in [0.3, 0.4) is 0 Å². The van der Waals surface area contributed by atoms with Crippen LogP contribution in [0.25, 0.3) is 5.69 Å². The Labute approximate surface area is 136 Å². The summed E-state index contributed by atoms with van der Waals surface area (Å²) in [6, 6.07) is 18.9.